The van der Waals surface area contributed by atoms with Gasteiger partial charge in [0.25, 0.3) is 0 Å². The molecule has 0 rings (SSSR count). The van der Waals surface area contributed by atoms with Crippen LogP contribution in [0.4, 0.5) is 0 Å². The zero-order chi connectivity index (χ0) is 5.70. The average molecular weight is 120 g/mol. The van der Waals surface area contributed by atoms with Crippen LogP contribution >= 0.6 is 7.92 Å². The van der Waals surface area contributed by atoms with E-state index < -0.39 is 13.9 Å². The Hall–Kier alpha value is -0.560. The fraction of sp³-hybridized carbons (Fsp3) is 0. The molecule has 0 aliphatic heterocycles. The Morgan fingerprint density at radius 3 is 2.57 bits per heavy atom. The average Bonchev–Trinajstić information content (AvgIpc) is 1.68. The van der Waals surface area contributed by atoms with Gasteiger partial charge < -0.3 is 0 Å². The van der Waals surface area contributed by atoms with Crippen LogP contribution in [0.3, 0.4) is 0 Å². The van der Waals surface area contributed by atoms with Gasteiger partial charge in [0.2, 0.25) is 0 Å². The summed E-state index contributed by atoms with van der Waals surface area (Å²) in [6.45, 7) is 0. The third kappa shape index (κ3) is 3.27. The molecule has 0 spiro atoms. The van der Waals surface area contributed by atoms with Gasteiger partial charge >= 0.3 is 39.0 Å². The molecule has 0 saturated heterocycles. The molecule has 0 amide bonds. The van der Waals surface area contributed by atoms with E-state index in [9.17, 15) is 9.36 Å². The van der Waals surface area contributed by atoms with Gasteiger partial charge in [0, 0.05) is 0 Å². The van der Waals surface area contributed by atoms with Crippen LogP contribution in [0.25, 0.3) is 0 Å². The Morgan fingerprint density at radius 1 is 1.86 bits per heavy atom. The Morgan fingerprint density at radius 2 is 2.43 bits per heavy atom. The van der Waals surface area contributed by atoms with Crippen molar-refractivity contribution in [2.45, 2.75) is 0 Å². The van der Waals surface area contributed by atoms with Crippen LogP contribution in [-0.4, -0.2) is 11.2 Å². The van der Waals surface area contributed by atoms with Crippen LogP contribution < -0.4 is 0 Å². The molecular formula is C2HO4P. The van der Waals surface area contributed by atoms with Gasteiger partial charge in [0.1, 0.15) is 0 Å². The molecule has 0 aliphatic rings. The molecule has 0 atom stereocenters. The molecule has 7 heavy (non-hydrogen) atoms. The molecule has 0 aromatic heterocycles. The van der Waals surface area contributed by atoms with Gasteiger partial charge in [-0.15, -0.1) is 0 Å². The van der Waals surface area contributed by atoms with E-state index in [0.717, 1.165) is 0 Å². The van der Waals surface area contributed by atoms with E-state index in [-0.39, 0.29) is 0 Å². The van der Waals surface area contributed by atoms with Gasteiger partial charge in [-0.2, -0.15) is 0 Å². The fourth-order valence-electron chi connectivity index (χ4n) is 0.0577. The van der Waals surface area contributed by atoms with Crippen LogP contribution in [0.2, 0.25) is 0 Å². The molecule has 0 fully saturated rings. The molecule has 0 aliphatic carbocycles. The summed E-state index contributed by atoms with van der Waals surface area (Å²) < 4.78 is 9.35. The van der Waals surface area contributed by atoms with Crippen LogP contribution in [0.15, 0.2) is 0 Å². The van der Waals surface area contributed by atoms with Crippen molar-refractivity contribution in [3.8, 4) is 5.63 Å². The van der Waals surface area contributed by atoms with Crippen LogP contribution in [0.5, 0.6) is 0 Å². The predicted molar refractivity (Wildman–Crippen MR) is 20.2 cm³/mol. The van der Waals surface area contributed by atoms with Crippen molar-refractivity contribution in [3.63, 3.8) is 0 Å². The summed E-state index contributed by atoms with van der Waals surface area (Å²) in [6.07, 6.45) is 0. The minimum atomic E-state index is -1.14. The van der Waals surface area contributed by atoms with Crippen LogP contribution in [0.1, 0.15) is 0 Å². The Bertz CT molecular complexity index is 154. The quantitative estimate of drug-likeness (QED) is 0.283. The Balaban J connectivity index is 3.75. The molecule has 0 saturated carbocycles. The SMILES string of the molecule is O=P#CC(=O)OO. The molecule has 1 N–H and O–H groups in total. The summed E-state index contributed by atoms with van der Waals surface area (Å²) in [5.74, 6) is -1.14. The molecule has 0 heterocycles. The first-order valence-electron chi connectivity index (χ1n) is 1.25. The molecule has 0 unspecified atom stereocenters. The summed E-state index contributed by atoms with van der Waals surface area (Å²) in [5, 5.41) is 7.41. The van der Waals surface area contributed by atoms with E-state index >= 15 is 0 Å². The molecule has 0 aromatic rings. The summed E-state index contributed by atoms with van der Waals surface area (Å²) in [7, 11) is -0.595. The van der Waals surface area contributed by atoms with E-state index in [4.69, 9.17) is 5.26 Å². The molecule has 4 nitrogen and oxygen atoms in total. The van der Waals surface area contributed by atoms with Crippen molar-refractivity contribution >= 4 is 13.9 Å². The van der Waals surface area contributed by atoms with Crippen molar-refractivity contribution in [2.24, 2.45) is 0 Å². The van der Waals surface area contributed by atoms with Gasteiger partial charge in [-0.05, 0) is 0 Å². The third-order valence-electron chi connectivity index (χ3n) is 0.220. The van der Waals surface area contributed by atoms with E-state index in [1.807, 2.05) is 0 Å². The normalized spacial score (nSPS) is 6.43. The first-order chi connectivity index (χ1) is 3.31. The zero-order valence-electron chi connectivity index (χ0n) is 3.12. The maximum atomic E-state index is 9.62. The van der Waals surface area contributed by atoms with E-state index in [1.54, 1.807) is 5.63 Å². The van der Waals surface area contributed by atoms with Crippen molar-refractivity contribution < 1.29 is 19.5 Å². The van der Waals surface area contributed by atoms with Crippen LogP contribution in [0, 0.1) is 5.63 Å². The van der Waals surface area contributed by atoms with Gasteiger partial charge in [-0.1, -0.05) is 0 Å². The molecule has 0 bridgehead atoms. The second kappa shape index (κ2) is 3.62. The molecular weight excluding hydrogens is 119 g/mol. The first kappa shape index (κ1) is 6.44. The van der Waals surface area contributed by atoms with Crippen molar-refractivity contribution in [2.75, 3.05) is 0 Å². The number of carbonyl (C=O) groups is 1. The predicted octanol–water partition coefficient (Wildman–Crippen LogP) is 0.253. The van der Waals surface area contributed by atoms with Gasteiger partial charge in [0.05, 0.1) is 0 Å². The third-order valence-corrected chi connectivity index (χ3v) is 0.494. The maximum absolute atomic E-state index is 9.62. The Kier molecular flexibility index (Phi) is 3.33. The van der Waals surface area contributed by atoms with Crippen LogP contribution in [-0.2, 0) is 14.2 Å². The Labute approximate surface area is 40.1 Å². The fourth-order valence-corrected chi connectivity index (χ4v) is 0.173. The number of hydrogen-bond donors (Lipinski definition) is 1. The monoisotopic (exact) mass is 120 g/mol. The summed E-state index contributed by atoms with van der Waals surface area (Å²) >= 11 is 0. The van der Waals surface area contributed by atoms with E-state index in [1.165, 1.54) is 0 Å². The van der Waals surface area contributed by atoms with E-state index in [0.29, 0.717) is 0 Å². The summed E-state index contributed by atoms with van der Waals surface area (Å²) in [4.78, 5) is 12.7. The minimum absolute atomic E-state index is 0.595. The number of carbonyl (C=O) groups excluding carboxylic acids is 1. The number of hydrogen-bond acceptors (Lipinski definition) is 4. The molecule has 0 radical (unpaired) electrons. The van der Waals surface area contributed by atoms with Gasteiger partial charge in [0.15, 0.2) is 0 Å². The van der Waals surface area contributed by atoms with Gasteiger partial charge in [-0.25, -0.2) is 0 Å². The van der Waals surface area contributed by atoms with Crippen molar-refractivity contribution in [3.05, 3.63) is 0 Å². The van der Waals surface area contributed by atoms with Crippen molar-refractivity contribution in [1.29, 1.82) is 0 Å². The second-order valence-electron chi connectivity index (χ2n) is 0.582. The molecule has 0 aromatic carbocycles. The molecule has 5 heteroatoms. The first-order valence-corrected chi connectivity index (χ1v) is 2.06. The summed E-state index contributed by atoms with van der Waals surface area (Å²) in [5.41, 5.74) is 1.60. The topological polar surface area (TPSA) is 63.6 Å². The van der Waals surface area contributed by atoms with Crippen molar-refractivity contribution in [1.82, 2.24) is 0 Å². The second-order valence-corrected chi connectivity index (χ2v) is 0.988. The van der Waals surface area contributed by atoms with Gasteiger partial charge in [-0.3, -0.25) is 0 Å². The van der Waals surface area contributed by atoms with E-state index in [2.05, 4.69) is 4.89 Å². The number of rotatable bonds is 0. The zero-order valence-corrected chi connectivity index (χ0v) is 4.01. The standard InChI is InChI=1S/C2HO4P/c3-2(6-4)1-7-5/h4H. The molecule has 38 valence electrons. The summed E-state index contributed by atoms with van der Waals surface area (Å²) in [6, 6.07) is 0.